The molecule has 1 amide bonds. The van der Waals surface area contributed by atoms with Gasteiger partial charge < -0.3 is 10.3 Å². The second kappa shape index (κ2) is 9.32. The van der Waals surface area contributed by atoms with E-state index in [1.807, 2.05) is 18.2 Å². The lowest BCUT2D eigenvalue weighted by Gasteiger charge is -2.05. The molecule has 0 spiro atoms. The maximum atomic E-state index is 11.7. The fourth-order valence-electron chi connectivity index (χ4n) is 1.64. The third kappa shape index (κ3) is 6.36. The van der Waals surface area contributed by atoms with Crippen LogP contribution in [0.3, 0.4) is 0 Å². The molecule has 0 unspecified atom stereocenters. The van der Waals surface area contributed by atoms with Gasteiger partial charge in [0.25, 0.3) is 5.56 Å². The number of amides is 1. The first-order valence-corrected chi connectivity index (χ1v) is 8.94. The molecule has 0 saturated heterocycles. The zero-order valence-electron chi connectivity index (χ0n) is 12.0. The number of aromatic amines is 1. The van der Waals surface area contributed by atoms with Gasteiger partial charge in [-0.15, -0.1) is 0 Å². The highest BCUT2D eigenvalue weighted by Gasteiger charge is 2.03. The smallest absolute Gasteiger partial charge is 0.251 e. The van der Waals surface area contributed by atoms with Crippen molar-refractivity contribution in [1.29, 1.82) is 0 Å². The quantitative estimate of drug-likeness (QED) is 0.438. The van der Waals surface area contributed by atoms with Crippen LogP contribution in [0.15, 0.2) is 52.5 Å². The average Bonchev–Trinajstić information content (AvgIpc) is 2.54. The van der Waals surface area contributed by atoms with E-state index < -0.39 is 0 Å². The zero-order chi connectivity index (χ0) is 15.6. The van der Waals surface area contributed by atoms with E-state index in [2.05, 4.69) is 27.4 Å². The van der Waals surface area contributed by atoms with Crippen molar-refractivity contribution in [2.45, 2.75) is 10.9 Å². The highest BCUT2D eigenvalue weighted by molar-refractivity contribution is 7.99. The molecule has 1 aromatic carbocycles. The molecule has 5 nitrogen and oxygen atoms in total. The van der Waals surface area contributed by atoms with Gasteiger partial charge in [-0.1, -0.05) is 42.1 Å². The molecule has 1 aromatic heterocycles. The molecule has 7 heteroatoms. The van der Waals surface area contributed by atoms with E-state index >= 15 is 0 Å². The lowest BCUT2D eigenvalue weighted by molar-refractivity contribution is -0.118. The number of carbonyl (C=O) groups is 1. The van der Waals surface area contributed by atoms with Crippen molar-refractivity contribution >= 4 is 29.4 Å². The SMILES string of the molecule is O=C(CSc1nccc(=O)[nH]1)NCCSCc1ccccc1. The van der Waals surface area contributed by atoms with Crippen LogP contribution in [0.2, 0.25) is 0 Å². The topological polar surface area (TPSA) is 74.8 Å². The molecule has 2 aromatic rings. The van der Waals surface area contributed by atoms with Crippen LogP contribution in [0.1, 0.15) is 5.56 Å². The molecule has 0 radical (unpaired) electrons. The number of nitrogens with zero attached hydrogens (tertiary/aromatic N) is 1. The number of thioether (sulfide) groups is 2. The summed E-state index contributed by atoms with van der Waals surface area (Å²) in [5.74, 6) is 2.00. The number of H-pyrrole nitrogens is 1. The number of aromatic nitrogens is 2. The van der Waals surface area contributed by atoms with Gasteiger partial charge in [0.05, 0.1) is 5.75 Å². The fraction of sp³-hybridized carbons (Fsp3) is 0.267. The summed E-state index contributed by atoms with van der Waals surface area (Å²) in [5, 5.41) is 3.31. The molecule has 0 aliphatic heterocycles. The largest absolute Gasteiger partial charge is 0.355 e. The van der Waals surface area contributed by atoms with Crippen molar-refractivity contribution in [3.05, 3.63) is 58.5 Å². The van der Waals surface area contributed by atoms with Crippen LogP contribution in [-0.4, -0.2) is 33.9 Å². The lowest BCUT2D eigenvalue weighted by Crippen LogP contribution is -2.27. The monoisotopic (exact) mass is 335 g/mol. The number of rotatable bonds is 8. The Kier molecular flexibility index (Phi) is 7.05. The second-order valence-electron chi connectivity index (χ2n) is 4.42. The Morgan fingerprint density at radius 2 is 2.05 bits per heavy atom. The van der Waals surface area contributed by atoms with Gasteiger partial charge in [-0.2, -0.15) is 11.8 Å². The van der Waals surface area contributed by atoms with Crippen molar-refractivity contribution in [3.8, 4) is 0 Å². The van der Waals surface area contributed by atoms with E-state index in [9.17, 15) is 9.59 Å². The van der Waals surface area contributed by atoms with Gasteiger partial charge in [-0.3, -0.25) is 9.59 Å². The van der Waals surface area contributed by atoms with Crippen LogP contribution in [-0.2, 0) is 10.5 Å². The second-order valence-corrected chi connectivity index (χ2v) is 6.49. The van der Waals surface area contributed by atoms with Crippen molar-refractivity contribution in [1.82, 2.24) is 15.3 Å². The number of carbonyl (C=O) groups excluding carboxylic acids is 1. The van der Waals surface area contributed by atoms with Gasteiger partial charge in [-0.25, -0.2) is 4.98 Å². The standard InChI is InChI=1S/C15H17N3O2S2/c19-13-6-7-17-15(18-13)22-11-14(20)16-8-9-21-10-12-4-2-1-3-5-12/h1-7H,8-11H2,(H,16,20)(H,17,18,19). The minimum absolute atomic E-state index is 0.0585. The van der Waals surface area contributed by atoms with Crippen LogP contribution >= 0.6 is 23.5 Å². The Balaban J connectivity index is 1.57. The Labute approximate surface area is 137 Å². The summed E-state index contributed by atoms with van der Waals surface area (Å²) in [4.78, 5) is 29.3. The number of hydrogen-bond donors (Lipinski definition) is 2. The molecule has 116 valence electrons. The number of benzene rings is 1. The summed E-state index contributed by atoms with van der Waals surface area (Å²) in [5.41, 5.74) is 1.07. The molecule has 2 rings (SSSR count). The lowest BCUT2D eigenvalue weighted by atomic mass is 10.2. The Bertz CT molecular complexity index is 646. The molecule has 2 N–H and O–H groups in total. The first kappa shape index (κ1) is 16.6. The van der Waals surface area contributed by atoms with Crippen molar-refractivity contribution in [2.24, 2.45) is 0 Å². The summed E-state index contributed by atoms with van der Waals surface area (Å²) in [6, 6.07) is 11.6. The Hall–Kier alpha value is -1.73. The van der Waals surface area contributed by atoms with Gasteiger partial charge in [0.15, 0.2) is 5.16 Å². The molecular weight excluding hydrogens is 318 g/mol. The molecule has 22 heavy (non-hydrogen) atoms. The third-order valence-corrected chi connectivity index (χ3v) is 4.59. The zero-order valence-corrected chi connectivity index (χ0v) is 13.6. The van der Waals surface area contributed by atoms with Crippen LogP contribution in [0.25, 0.3) is 0 Å². The summed E-state index contributed by atoms with van der Waals surface area (Å²) < 4.78 is 0. The Morgan fingerprint density at radius 1 is 1.23 bits per heavy atom. The van der Waals surface area contributed by atoms with E-state index in [-0.39, 0.29) is 17.2 Å². The van der Waals surface area contributed by atoms with Gasteiger partial charge in [-0.05, 0) is 5.56 Å². The average molecular weight is 335 g/mol. The predicted molar refractivity (Wildman–Crippen MR) is 91.2 cm³/mol. The fourth-order valence-corrected chi connectivity index (χ4v) is 3.13. The van der Waals surface area contributed by atoms with E-state index in [1.54, 1.807) is 11.8 Å². The molecule has 1 heterocycles. The summed E-state index contributed by atoms with van der Waals surface area (Å²) in [7, 11) is 0. The summed E-state index contributed by atoms with van der Waals surface area (Å²) in [6.45, 7) is 0.635. The van der Waals surface area contributed by atoms with E-state index in [0.29, 0.717) is 11.7 Å². The highest BCUT2D eigenvalue weighted by Crippen LogP contribution is 2.11. The normalized spacial score (nSPS) is 10.4. The van der Waals surface area contributed by atoms with Crippen LogP contribution in [0.4, 0.5) is 0 Å². The molecule has 0 aliphatic carbocycles. The molecule has 0 fully saturated rings. The summed E-state index contributed by atoms with van der Waals surface area (Å²) in [6.07, 6.45) is 1.43. The van der Waals surface area contributed by atoms with Crippen LogP contribution in [0.5, 0.6) is 0 Å². The third-order valence-electron chi connectivity index (χ3n) is 2.67. The van der Waals surface area contributed by atoms with Gasteiger partial charge in [0, 0.05) is 30.3 Å². The first-order chi connectivity index (χ1) is 10.7. The van der Waals surface area contributed by atoms with Crippen molar-refractivity contribution < 1.29 is 4.79 Å². The first-order valence-electron chi connectivity index (χ1n) is 6.80. The maximum Gasteiger partial charge on any atom is 0.251 e. The molecule has 0 aliphatic rings. The molecule has 0 atom stereocenters. The highest BCUT2D eigenvalue weighted by atomic mass is 32.2. The van der Waals surface area contributed by atoms with Gasteiger partial charge in [0.2, 0.25) is 5.91 Å². The summed E-state index contributed by atoms with van der Waals surface area (Å²) >= 11 is 3.00. The number of nitrogens with one attached hydrogen (secondary N) is 2. The van der Waals surface area contributed by atoms with Gasteiger partial charge in [0.1, 0.15) is 0 Å². The number of hydrogen-bond acceptors (Lipinski definition) is 5. The Morgan fingerprint density at radius 3 is 2.82 bits per heavy atom. The van der Waals surface area contributed by atoms with Crippen LogP contribution in [0, 0.1) is 0 Å². The minimum Gasteiger partial charge on any atom is -0.355 e. The molecular formula is C15H17N3O2S2. The minimum atomic E-state index is -0.213. The van der Waals surface area contributed by atoms with Crippen LogP contribution < -0.4 is 10.9 Å². The van der Waals surface area contributed by atoms with Crippen molar-refractivity contribution in [3.63, 3.8) is 0 Å². The molecule has 0 saturated carbocycles. The van der Waals surface area contributed by atoms with E-state index in [4.69, 9.17) is 0 Å². The van der Waals surface area contributed by atoms with Crippen molar-refractivity contribution in [2.75, 3.05) is 18.1 Å². The van der Waals surface area contributed by atoms with Gasteiger partial charge >= 0.3 is 0 Å². The van der Waals surface area contributed by atoms with E-state index in [1.165, 1.54) is 29.6 Å². The van der Waals surface area contributed by atoms with E-state index in [0.717, 1.165) is 11.5 Å². The predicted octanol–water partition coefficient (Wildman–Crippen LogP) is 1.91. The molecule has 0 bridgehead atoms. The maximum absolute atomic E-state index is 11.7.